The topological polar surface area (TPSA) is 40.7 Å². The number of nitrogens with zero attached hydrogens (tertiary/aromatic N) is 1. The van der Waals surface area contributed by atoms with Crippen molar-refractivity contribution >= 4 is 5.95 Å². The molecule has 1 aromatic heterocycles. The van der Waals surface area contributed by atoms with E-state index in [1.165, 1.54) is 25.7 Å². The molecule has 0 saturated heterocycles. The Bertz CT molecular complexity index is 263. The van der Waals surface area contributed by atoms with Crippen LogP contribution in [0.25, 0.3) is 0 Å². The first-order chi connectivity index (χ1) is 6.34. The molecule has 1 saturated carbocycles. The Hall–Kier alpha value is -0.990. The molecule has 0 aromatic carbocycles. The fraction of sp³-hybridized carbons (Fsp3) is 0.700. The highest BCUT2D eigenvalue weighted by Crippen LogP contribution is 2.28. The molecule has 1 heterocycles. The second-order valence-electron chi connectivity index (χ2n) is 3.93. The Morgan fingerprint density at radius 1 is 1.62 bits per heavy atom. The zero-order chi connectivity index (χ0) is 9.10. The minimum atomic E-state index is 0.914. The van der Waals surface area contributed by atoms with Crippen LogP contribution in [0.3, 0.4) is 0 Å². The van der Waals surface area contributed by atoms with E-state index in [1.807, 2.05) is 13.1 Å². The molecular weight excluding hydrogens is 162 g/mol. The standard InChI is InChI=1S/C10H17N3/c1-8-7-12-10(13-8)11-6-5-9-3-2-4-9/h7,9H,2-6H2,1H3,(H2,11,12,13). The van der Waals surface area contributed by atoms with Crippen LogP contribution in [-0.4, -0.2) is 16.5 Å². The van der Waals surface area contributed by atoms with E-state index in [1.54, 1.807) is 0 Å². The molecule has 0 atom stereocenters. The van der Waals surface area contributed by atoms with Gasteiger partial charge in [0.05, 0.1) is 0 Å². The quantitative estimate of drug-likeness (QED) is 0.744. The van der Waals surface area contributed by atoms with Gasteiger partial charge in [0.15, 0.2) is 5.95 Å². The predicted octanol–water partition coefficient (Wildman–Crippen LogP) is 2.32. The molecular formula is C10H17N3. The summed E-state index contributed by atoms with van der Waals surface area (Å²) in [7, 11) is 0. The third-order valence-electron chi connectivity index (χ3n) is 2.77. The molecule has 0 radical (unpaired) electrons. The SMILES string of the molecule is Cc1cnc(NCCC2CCC2)[nH]1. The molecule has 0 unspecified atom stereocenters. The number of aromatic amines is 1. The highest BCUT2D eigenvalue weighted by molar-refractivity contribution is 5.25. The number of anilines is 1. The average molecular weight is 179 g/mol. The molecule has 3 heteroatoms. The minimum absolute atomic E-state index is 0.914. The van der Waals surface area contributed by atoms with E-state index < -0.39 is 0 Å². The van der Waals surface area contributed by atoms with Crippen LogP contribution in [0, 0.1) is 12.8 Å². The maximum atomic E-state index is 4.19. The fourth-order valence-electron chi connectivity index (χ4n) is 1.68. The smallest absolute Gasteiger partial charge is 0.200 e. The molecule has 1 aliphatic rings. The molecule has 1 fully saturated rings. The maximum absolute atomic E-state index is 4.19. The molecule has 1 aliphatic carbocycles. The average Bonchev–Trinajstić information content (AvgIpc) is 2.42. The first-order valence-corrected chi connectivity index (χ1v) is 5.10. The Morgan fingerprint density at radius 3 is 3.00 bits per heavy atom. The first-order valence-electron chi connectivity index (χ1n) is 5.10. The zero-order valence-corrected chi connectivity index (χ0v) is 8.14. The highest BCUT2D eigenvalue weighted by atomic mass is 15.1. The second kappa shape index (κ2) is 3.81. The Morgan fingerprint density at radius 2 is 2.46 bits per heavy atom. The molecule has 0 bridgehead atoms. The largest absolute Gasteiger partial charge is 0.356 e. The van der Waals surface area contributed by atoms with Gasteiger partial charge in [-0.15, -0.1) is 0 Å². The Balaban J connectivity index is 1.67. The van der Waals surface area contributed by atoms with Gasteiger partial charge in [0.1, 0.15) is 0 Å². The highest BCUT2D eigenvalue weighted by Gasteiger charge is 2.16. The number of hydrogen-bond acceptors (Lipinski definition) is 2. The summed E-state index contributed by atoms with van der Waals surface area (Å²) in [5.41, 5.74) is 1.12. The maximum Gasteiger partial charge on any atom is 0.200 e. The second-order valence-corrected chi connectivity index (χ2v) is 3.93. The normalized spacial score (nSPS) is 17.0. The molecule has 0 amide bonds. The van der Waals surface area contributed by atoms with Gasteiger partial charge in [0.25, 0.3) is 0 Å². The summed E-state index contributed by atoms with van der Waals surface area (Å²) in [5.74, 6) is 1.89. The van der Waals surface area contributed by atoms with Crippen molar-refractivity contribution in [2.45, 2.75) is 32.6 Å². The lowest BCUT2D eigenvalue weighted by molar-refractivity contribution is 0.303. The number of aromatic nitrogens is 2. The lowest BCUT2D eigenvalue weighted by atomic mass is 9.83. The Labute approximate surface area is 79.0 Å². The molecule has 1 aromatic rings. The van der Waals surface area contributed by atoms with Crippen LogP contribution >= 0.6 is 0 Å². The first kappa shape index (κ1) is 8.60. The van der Waals surface area contributed by atoms with Crippen LogP contribution in [0.1, 0.15) is 31.4 Å². The van der Waals surface area contributed by atoms with Gasteiger partial charge in [-0.2, -0.15) is 0 Å². The zero-order valence-electron chi connectivity index (χ0n) is 8.14. The van der Waals surface area contributed by atoms with Gasteiger partial charge in [-0.3, -0.25) is 0 Å². The van der Waals surface area contributed by atoms with Crippen LogP contribution in [0.15, 0.2) is 6.20 Å². The van der Waals surface area contributed by atoms with Crippen molar-refractivity contribution in [1.29, 1.82) is 0 Å². The summed E-state index contributed by atoms with van der Waals surface area (Å²) in [4.78, 5) is 7.35. The van der Waals surface area contributed by atoms with E-state index in [9.17, 15) is 0 Å². The van der Waals surface area contributed by atoms with E-state index in [0.29, 0.717) is 0 Å². The lowest BCUT2D eigenvalue weighted by Crippen LogP contribution is -2.15. The number of hydrogen-bond donors (Lipinski definition) is 2. The van der Waals surface area contributed by atoms with E-state index in [-0.39, 0.29) is 0 Å². The van der Waals surface area contributed by atoms with Crippen molar-refractivity contribution in [3.8, 4) is 0 Å². The summed E-state index contributed by atoms with van der Waals surface area (Å²) in [6.07, 6.45) is 7.44. The number of imidazole rings is 1. The van der Waals surface area contributed by atoms with Crippen LogP contribution in [-0.2, 0) is 0 Å². The van der Waals surface area contributed by atoms with Crippen molar-refractivity contribution in [2.75, 3.05) is 11.9 Å². The number of aryl methyl sites for hydroxylation is 1. The van der Waals surface area contributed by atoms with Crippen LogP contribution in [0.4, 0.5) is 5.95 Å². The van der Waals surface area contributed by atoms with Gasteiger partial charge in [-0.25, -0.2) is 4.98 Å². The summed E-state index contributed by atoms with van der Waals surface area (Å²) in [5, 5.41) is 3.30. The van der Waals surface area contributed by atoms with Crippen molar-refractivity contribution in [3.63, 3.8) is 0 Å². The Kier molecular flexibility index (Phi) is 2.52. The lowest BCUT2D eigenvalue weighted by Gasteiger charge is -2.24. The molecule has 72 valence electrons. The van der Waals surface area contributed by atoms with Crippen LogP contribution < -0.4 is 5.32 Å². The summed E-state index contributed by atoms with van der Waals surface area (Å²) >= 11 is 0. The summed E-state index contributed by atoms with van der Waals surface area (Å²) < 4.78 is 0. The van der Waals surface area contributed by atoms with Gasteiger partial charge < -0.3 is 10.3 Å². The number of nitrogens with one attached hydrogen (secondary N) is 2. The molecule has 2 rings (SSSR count). The molecule has 3 nitrogen and oxygen atoms in total. The predicted molar refractivity (Wildman–Crippen MR) is 53.8 cm³/mol. The molecule has 13 heavy (non-hydrogen) atoms. The van der Waals surface area contributed by atoms with E-state index >= 15 is 0 Å². The van der Waals surface area contributed by atoms with Gasteiger partial charge in [-0.1, -0.05) is 19.3 Å². The minimum Gasteiger partial charge on any atom is -0.356 e. The number of rotatable bonds is 4. The molecule has 0 spiro atoms. The van der Waals surface area contributed by atoms with E-state index in [2.05, 4.69) is 15.3 Å². The van der Waals surface area contributed by atoms with Crippen molar-refractivity contribution < 1.29 is 0 Å². The van der Waals surface area contributed by atoms with Gasteiger partial charge in [0.2, 0.25) is 0 Å². The van der Waals surface area contributed by atoms with Crippen molar-refractivity contribution in [2.24, 2.45) is 5.92 Å². The monoisotopic (exact) mass is 179 g/mol. The summed E-state index contributed by atoms with van der Waals surface area (Å²) in [6.45, 7) is 3.07. The van der Waals surface area contributed by atoms with Crippen molar-refractivity contribution in [1.82, 2.24) is 9.97 Å². The third kappa shape index (κ3) is 2.23. The van der Waals surface area contributed by atoms with Crippen LogP contribution in [0.2, 0.25) is 0 Å². The third-order valence-corrected chi connectivity index (χ3v) is 2.77. The summed E-state index contributed by atoms with van der Waals surface area (Å²) in [6, 6.07) is 0. The van der Waals surface area contributed by atoms with E-state index in [4.69, 9.17) is 0 Å². The molecule has 2 N–H and O–H groups in total. The van der Waals surface area contributed by atoms with Gasteiger partial charge in [0, 0.05) is 18.4 Å². The van der Waals surface area contributed by atoms with E-state index in [0.717, 1.165) is 24.1 Å². The van der Waals surface area contributed by atoms with Crippen LogP contribution in [0.5, 0.6) is 0 Å². The molecule has 0 aliphatic heterocycles. The fourth-order valence-corrected chi connectivity index (χ4v) is 1.68. The van der Waals surface area contributed by atoms with Crippen molar-refractivity contribution in [3.05, 3.63) is 11.9 Å². The number of H-pyrrole nitrogens is 1. The van der Waals surface area contributed by atoms with Gasteiger partial charge in [-0.05, 0) is 19.3 Å². The van der Waals surface area contributed by atoms with Gasteiger partial charge >= 0.3 is 0 Å².